The van der Waals surface area contributed by atoms with E-state index < -0.39 is 64.7 Å². The monoisotopic (exact) mass is 606 g/mol. The zero-order chi connectivity index (χ0) is 30.9. The molecular weight excluding hydrogens is 580 g/mol. The van der Waals surface area contributed by atoms with Crippen LogP contribution >= 0.6 is 0 Å². The van der Waals surface area contributed by atoms with Crippen molar-refractivity contribution in [2.24, 2.45) is 5.92 Å². The van der Waals surface area contributed by atoms with Gasteiger partial charge in [0.05, 0.1) is 0 Å². The summed E-state index contributed by atoms with van der Waals surface area (Å²) in [4.78, 5) is 0. The van der Waals surface area contributed by atoms with Gasteiger partial charge in [-0.1, -0.05) is 44.0 Å². The predicted molar refractivity (Wildman–Crippen MR) is 145 cm³/mol. The summed E-state index contributed by atoms with van der Waals surface area (Å²) in [6.07, 6.45) is 0.313. The SMILES string of the molecule is CC1CCC(c2ccc(-c3ccc(OCC(F)(F)Oc4ccc(-c5cc(F)c(F)c(F)c5)c(F)c4)c(F)c3F)cc2)CC1. The third-order valence-electron chi connectivity index (χ3n) is 7.65. The molecule has 2 nitrogen and oxygen atoms in total. The van der Waals surface area contributed by atoms with E-state index in [0.717, 1.165) is 49.4 Å². The van der Waals surface area contributed by atoms with Crippen molar-refractivity contribution in [2.75, 3.05) is 6.61 Å². The van der Waals surface area contributed by atoms with Gasteiger partial charge in [-0.15, -0.1) is 0 Å². The molecule has 0 unspecified atom stereocenters. The van der Waals surface area contributed by atoms with Gasteiger partial charge in [-0.3, -0.25) is 0 Å². The van der Waals surface area contributed by atoms with Gasteiger partial charge in [0.25, 0.3) is 0 Å². The summed E-state index contributed by atoms with van der Waals surface area (Å²) in [6, 6.07) is 12.8. The molecular formula is C33H26F8O2. The zero-order valence-corrected chi connectivity index (χ0v) is 22.9. The van der Waals surface area contributed by atoms with Gasteiger partial charge < -0.3 is 9.47 Å². The molecule has 43 heavy (non-hydrogen) atoms. The van der Waals surface area contributed by atoms with Crippen LogP contribution in [-0.4, -0.2) is 12.7 Å². The summed E-state index contributed by atoms with van der Waals surface area (Å²) in [7, 11) is 0. The molecule has 0 heterocycles. The standard InChI is InChI=1S/C33H26F8O2/c1-18-2-4-19(5-3-18)20-6-8-21(9-7-20)25-12-13-29(32(39)30(25)37)42-17-33(40,41)43-23-10-11-24(26(34)16-23)22-14-27(35)31(38)28(36)15-22/h6-16,18-19H,2-5,17H2,1H3. The fraction of sp³-hybridized carbons (Fsp3) is 0.273. The van der Waals surface area contributed by atoms with E-state index in [1.165, 1.54) is 6.07 Å². The van der Waals surface area contributed by atoms with E-state index in [1.54, 1.807) is 12.1 Å². The van der Waals surface area contributed by atoms with E-state index >= 15 is 0 Å². The maximum atomic E-state index is 14.9. The molecule has 1 aliphatic carbocycles. The highest BCUT2D eigenvalue weighted by molar-refractivity contribution is 5.66. The summed E-state index contributed by atoms with van der Waals surface area (Å²) in [6.45, 7) is 0.681. The van der Waals surface area contributed by atoms with Crippen molar-refractivity contribution in [3.63, 3.8) is 0 Å². The number of halogens is 8. The maximum Gasteiger partial charge on any atom is 0.433 e. The minimum atomic E-state index is -4.11. The first-order valence-corrected chi connectivity index (χ1v) is 13.6. The second-order valence-corrected chi connectivity index (χ2v) is 10.7. The summed E-state index contributed by atoms with van der Waals surface area (Å²) in [5, 5.41) is 0. The lowest BCUT2D eigenvalue weighted by atomic mass is 9.79. The molecule has 10 heteroatoms. The first-order chi connectivity index (χ1) is 20.4. The number of ether oxygens (including phenoxy) is 2. The fourth-order valence-corrected chi connectivity index (χ4v) is 5.26. The van der Waals surface area contributed by atoms with Crippen molar-refractivity contribution in [2.45, 2.75) is 44.6 Å². The van der Waals surface area contributed by atoms with Crippen molar-refractivity contribution in [3.05, 3.63) is 107 Å². The van der Waals surface area contributed by atoms with Gasteiger partial charge in [0, 0.05) is 17.2 Å². The Kier molecular flexibility index (Phi) is 8.66. The van der Waals surface area contributed by atoms with E-state index in [4.69, 9.17) is 4.74 Å². The Balaban J connectivity index is 1.24. The molecule has 0 bridgehead atoms. The van der Waals surface area contributed by atoms with Crippen molar-refractivity contribution in [1.82, 2.24) is 0 Å². The highest BCUT2D eigenvalue weighted by Crippen LogP contribution is 2.37. The molecule has 0 radical (unpaired) electrons. The molecule has 226 valence electrons. The Hall–Kier alpha value is -4.08. The lowest BCUT2D eigenvalue weighted by Crippen LogP contribution is -2.32. The van der Waals surface area contributed by atoms with Gasteiger partial charge in [0.15, 0.2) is 35.6 Å². The van der Waals surface area contributed by atoms with Crippen LogP contribution in [0.3, 0.4) is 0 Å². The van der Waals surface area contributed by atoms with Gasteiger partial charge in [-0.05, 0) is 77.8 Å². The van der Waals surface area contributed by atoms with Crippen LogP contribution in [0, 0.1) is 40.8 Å². The molecule has 0 amide bonds. The molecule has 0 aliphatic heterocycles. The third kappa shape index (κ3) is 6.78. The number of hydrogen-bond donors (Lipinski definition) is 0. The summed E-state index contributed by atoms with van der Waals surface area (Å²) in [5.41, 5.74) is 0.715. The Labute approximate surface area is 242 Å². The van der Waals surface area contributed by atoms with Crippen molar-refractivity contribution in [3.8, 4) is 33.8 Å². The molecule has 0 aromatic heterocycles. The minimum Gasteiger partial charge on any atom is -0.480 e. The molecule has 0 saturated heterocycles. The zero-order valence-electron chi connectivity index (χ0n) is 22.9. The molecule has 5 rings (SSSR count). The van der Waals surface area contributed by atoms with Gasteiger partial charge >= 0.3 is 6.11 Å². The Bertz CT molecular complexity index is 1590. The highest BCUT2D eigenvalue weighted by atomic mass is 19.3. The lowest BCUT2D eigenvalue weighted by Gasteiger charge is -2.26. The van der Waals surface area contributed by atoms with Gasteiger partial charge in [-0.2, -0.15) is 13.2 Å². The minimum absolute atomic E-state index is 0.0619. The highest BCUT2D eigenvalue weighted by Gasteiger charge is 2.34. The number of rotatable bonds is 8. The summed E-state index contributed by atoms with van der Waals surface area (Å²) >= 11 is 0. The van der Waals surface area contributed by atoms with Gasteiger partial charge in [0.2, 0.25) is 5.82 Å². The van der Waals surface area contributed by atoms with Crippen LogP contribution in [0.4, 0.5) is 35.1 Å². The molecule has 1 saturated carbocycles. The van der Waals surface area contributed by atoms with Crippen LogP contribution in [0.25, 0.3) is 22.3 Å². The summed E-state index contributed by atoms with van der Waals surface area (Å²) < 4.78 is 123. The third-order valence-corrected chi connectivity index (χ3v) is 7.65. The van der Waals surface area contributed by atoms with Gasteiger partial charge in [0.1, 0.15) is 11.6 Å². The van der Waals surface area contributed by atoms with Gasteiger partial charge in [-0.25, -0.2) is 22.0 Å². The van der Waals surface area contributed by atoms with E-state index in [1.807, 2.05) is 12.1 Å². The van der Waals surface area contributed by atoms with Crippen molar-refractivity contribution < 1.29 is 44.6 Å². The largest absolute Gasteiger partial charge is 0.480 e. The topological polar surface area (TPSA) is 18.5 Å². The van der Waals surface area contributed by atoms with Crippen LogP contribution < -0.4 is 9.47 Å². The number of alkyl halides is 2. The normalized spacial score (nSPS) is 17.1. The van der Waals surface area contributed by atoms with E-state index in [2.05, 4.69) is 11.7 Å². The molecule has 4 aromatic rings. The average Bonchev–Trinajstić information content (AvgIpc) is 2.97. The smallest absolute Gasteiger partial charge is 0.433 e. The second-order valence-electron chi connectivity index (χ2n) is 10.7. The Morgan fingerprint density at radius 2 is 1.28 bits per heavy atom. The van der Waals surface area contributed by atoms with E-state index in [0.29, 0.717) is 35.6 Å². The molecule has 1 aliphatic rings. The maximum absolute atomic E-state index is 14.9. The van der Waals surface area contributed by atoms with E-state index in [9.17, 15) is 35.1 Å². The molecule has 0 atom stereocenters. The quantitative estimate of drug-likeness (QED) is 0.147. The van der Waals surface area contributed by atoms with Crippen LogP contribution in [-0.2, 0) is 0 Å². The van der Waals surface area contributed by atoms with Crippen molar-refractivity contribution >= 4 is 0 Å². The first kappa shape index (κ1) is 30.4. The van der Waals surface area contributed by atoms with Crippen molar-refractivity contribution in [1.29, 1.82) is 0 Å². The van der Waals surface area contributed by atoms with Crippen LogP contribution in [0.2, 0.25) is 0 Å². The molecule has 1 fully saturated rings. The molecule has 4 aromatic carbocycles. The first-order valence-electron chi connectivity index (χ1n) is 13.6. The molecule has 0 spiro atoms. The van der Waals surface area contributed by atoms with Crippen LogP contribution in [0.5, 0.6) is 11.5 Å². The number of hydrogen-bond acceptors (Lipinski definition) is 2. The second kappa shape index (κ2) is 12.3. The summed E-state index contributed by atoms with van der Waals surface area (Å²) in [5.74, 6) is -9.13. The van der Waals surface area contributed by atoms with Crippen LogP contribution in [0.15, 0.2) is 66.7 Å². The Morgan fingerprint density at radius 1 is 0.651 bits per heavy atom. The Morgan fingerprint density at radius 3 is 1.91 bits per heavy atom. The fourth-order valence-electron chi connectivity index (χ4n) is 5.26. The lowest BCUT2D eigenvalue weighted by molar-refractivity contribution is -0.195. The van der Waals surface area contributed by atoms with E-state index in [-0.39, 0.29) is 11.1 Å². The van der Waals surface area contributed by atoms with Crippen LogP contribution in [0.1, 0.15) is 44.1 Å². The predicted octanol–water partition coefficient (Wildman–Crippen LogP) is 10.2. The molecule has 0 N–H and O–H groups in total. The average molecular weight is 607 g/mol. The number of benzene rings is 4.